The first kappa shape index (κ1) is 15.5. The number of halogens is 1. The molecule has 0 unspecified atom stereocenters. The van der Waals surface area contributed by atoms with Crippen LogP contribution in [0.15, 0.2) is 22.7 Å². The van der Waals surface area contributed by atoms with Gasteiger partial charge in [-0.1, -0.05) is 29.8 Å². The Labute approximate surface area is 122 Å². The minimum absolute atomic E-state index is 0.0386. The predicted molar refractivity (Wildman–Crippen MR) is 79.8 cm³/mol. The Balaban J connectivity index is 2.39. The first-order valence-corrected chi connectivity index (χ1v) is 7.02. The summed E-state index contributed by atoms with van der Waals surface area (Å²) in [5, 5.41) is 14.9. The molecule has 0 atom stereocenters. The summed E-state index contributed by atoms with van der Waals surface area (Å²) in [5.74, 6) is 0.497. The zero-order chi connectivity index (χ0) is 14.3. The second kappa shape index (κ2) is 7.80. The number of benzene rings is 1. The van der Waals surface area contributed by atoms with E-state index >= 15 is 0 Å². The molecule has 0 heterocycles. The maximum absolute atomic E-state index is 11.5. The number of nitriles is 1. The lowest BCUT2D eigenvalue weighted by Gasteiger charge is -2.09. The van der Waals surface area contributed by atoms with Crippen LogP contribution in [-0.2, 0) is 4.79 Å². The highest BCUT2D eigenvalue weighted by Gasteiger charge is 2.03. The molecule has 0 saturated heterocycles. The Morgan fingerprint density at radius 2 is 2.16 bits per heavy atom. The highest BCUT2D eigenvalue weighted by atomic mass is 79.9. The van der Waals surface area contributed by atoms with Crippen LogP contribution >= 0.6 is 15.9 Å². The van der Waals surface area contributed by atoms with Crippen molar-refractivity contribution in [2.75, 3.05) is 18.4 Å². The van der Waals surface area contributed by atoms with E-state index in [1.54, 1.807) is 12.1 Å². The third kappa shape index (κ3) is 6.25. The number of rotatable bonds is 6. The molecule has 0 saturated carbocycles. The molecule has 0 aromatic heterocycles. The summed E-state index contributed by atoms with van der Waals surface area (Å²) >= 11 is 3.35. The van der Waals surface area contributed by atoms with Gasteiger partial charge in [-0.2, -0.15) is 5.26 Å². The van der Waals surface area contributed by atoms with E-state index in [-0.39, 0.29) is 5.91 Å². The molecule has 0 spiro atoms. The van der Waals surface area contributed by atoms with E-state index in [2.05, 4.69) is 46.5 Å². The molecule has 1 amide bonds. The second-order valence-electron chi connectivity index (χ2n) is 4.72. The maximum atomic E-state index is 11.5. The summed E-state index contributed by atoms with van der Waals surface area (Å²) in [6.45, 7) is 5.37. The minimum atomic E-state index is 0.0386. The zero-order valence-corrected chi connectivity index (χ0v) is 12.8. The third-order valence-electron chi connectivity index (χ3n) is 2.42. The van der Waals surface area contributed by atoms with Gasteiger partial charge < -0.3 is 10.6 Å². The van der Waals surface area contributed by atoms with Gasteiger partial charge >= 0.3 is 0 Å². The number of anilines is 1. The molecule has 0 aliphatic carbocycles. The summed E-state index contributed by atoms with van der Waals surface area (Å²) in [5.41, 5.74) is 1.42. The number of hydrogen-bond acceptors (Lipinski definition) is 3. The van der Waals surface area contributed by atoms with E-state index in [9.17, 15) is 4.79 Å². The molecule has 1 aromatic carbocycles. The minimum Gasteiger partial charge on any atom is -0.384 e. The molecule has 0 fully saturated rings. The topological polar surface area (TPSA) is 64.9 Å². The summed E-state index contributed by atoms with van der Waals surface area (Å²) in [6.07, 6.45) is 0.418. The third-order valence-corrected chi connectivity index (χ3v) is 2.87. The molecule has 0 aliphatic heterocycles. The molecular weight excluding hydrogens is 306 g/mol. The van der Waals surface area contributed by atoms with Crippen molar-refractivity contribution >= 4 is 27.5 Å². The molecule has 0 bridgehead atoms. The van der Waals surface area contributed by atoms with E-state index in [0.29, 0.717) is 31.0 Å². The van der Waals surface area contributed by atoms with Gasteiger partial charge in [0, 0.05) is 29.7 Å². The number of nitrogens with zero attached hydrogens (tertiary/aromatic N) is 1. The van der Waals surface area contributed by atoms with Crippen LogP contribution in [0.2, 0.25) is 0 Å². The predicted octanol–water partition coefficient (Wildman–Crippen LogP) is 2.89. The van der Waals surface area contributed by atoms with E-state index in [4.69, 9.17) is 5.26 Å². The van der Waals surface area contributed by atoms with Crippen LogP contribution in [0.3, 0.4) is 0 Å². The Hall–Kier alpha value is -1.54. The highest BCUT2D eigenvalue weighted by Crippen LogP contribution is 2.19. The van der Waals surface area contributed by atoms with Crippen molar-refractivity contribution in [1.29, 1.82) is 5.26 Å². The van der Waals surface area contributed by atoms with Crippen molar-refractivity contribution in [2.24, 2.45) is 5.92 Å². The van der Waals surface area contributed by atoms with Gasteiger partial charge in [0.2, 0.25) is 5.91 Å². The van der Waals surface area contributed by atoms with Crippen molar-refractivity contribution in [3.05, 3.63) is 28.2 Å². The molecule has 0 aliphatic rings. The van der Waals surface area contributed by atoms with E-state index in [0.717, 1.165) is 10.2 Å². The number of carbonyl (C=O) groups is 1. The van der Waals surface area contributed by atoms with Crippen LogP contribution < -0.4 is 10.6 Å². The monoisotopic (exact) mass is 323 g/mol. The molecule has 2 N–H and O–H groups in total. The van der Waals surface area contributed by atoms with Gasteiger partial charge in [-0.15, -0.1) is 0 Å². The lowest BCUT2D eigenvalue weighted by molar-refractivity contribution is -0.120. The molecule has 4 nitrogen and oxygen atoms in total. The summed E-state index contributed by atoms with van der Waals surface area (Å²) in [6, 6.07) is 7.48. The molecule has 1 aromatic rings. The van der Waals surface area contributed by atoms with Gasteiger partial charge in [0.1, 0.15) is 0 Å². The van der Waals surface area contributed by atoms with Gasteiger partial charge in [-0.05, 0) is 24.1 Å². The van der Waals surface area contributed by atoms with Gasteiger partial charge in [-0.3, -0.25) is 4.79 Å². The van der Waals surface area contributed by atoms with Gasteiger partial charge in [0.05, 0.1) is 11.6 Å². The summed E-state index contributed by atoms with van der Waals surface area (Å²) in [4.78, 5) is 11.5. The average Bonchev–Trinajstić information content (AvgIpc) is 2.35. The number of hydrogen-bond donors (Lipinski definition) is 2. The number of carbonyl (C=O) groups excluding carboxylic acids is 1. The maximum Gasteiger partial charge on any atom is 0.221 e. The lowest BCUT2D eigenvalue weighted by atomic mass is 10.2. The summed E-state index contributed by atoms with van der Waals surface area (Å²) < 4.78 is 0.846. The Morgan fingerprint density at radius 1 is 1.42 bits per heavy atom. The van der Waals surface area contributed by atoms with Crippen LogP contribution in [0.25, 0.3) is 0 Å². The fourth-order valence-corrected chi connectivity index (χ4v) is 1.98. The molecule has 102 valence electrons. The van der Waals surface area contributed by atoms with Crippen LogP contribution in [0.4, 0.5) is 5.69 Å². The van der Waals surface area contributed by atoms with Crippen molar-refractivity contribution in [1.82, 2.24) is 5.32 Å². The fourth-order valence-electron chi connectivity index (χ4n) is 1.48. The highest BCUT2D eigenvalue weighted by molar-refractivity contribution is 9.10. The van der Waals surface area contributed by atoms with Crippen LogP contribution in [-0.4, -0.2) is 19.0 Å². The lowest BCUT2D eigenvalue weighted by Crippen LogP contribution is -2.28. The van der Waals surface area contributed by atoms with Crippen LogP contribution in [0.5, 0.6) is 0 Å². The average molecular weight is 324 g/mol. The zero-order valence-electron chi connectivity index (χ0n) is 11.2. The van der Waals surface area contributed by atoms with Crippen molar-refractivity contribution < 1.29 is 4.79 Å². The van der Waals surface area contributed by atoms with Gasteiger partial charge in [-0.25, -0.2) is 0 Å². The number of amides is 1. The van der Waals surface area contributed by atoms with E-state index < -0.39 is 0 Å². The van der Waals surface area contributed by atoms with Crippen LogP contribution in [0.1, 0.15) is 25.8 Å². The van der Waals surface area contributed by atoms with Crippen molar-refractivity contribution in [2.45, 2.75) is 20.3 Å². The Morgan fingerprint density at radius 3 is 2.79 bits per heavy atom. The Kier molecular flexibility index (Phi) is 6.37. The number of nitrogens with one attached hydrogen (secondary N) is 2. The summed E-state index contributed by atoms with van der Waals surface area (Å²) in [7, 11) is 0. The molecule has 1 rings (SSSR count). The van der Waals surface area contributed by atoms with Gasteiger partial charge in [0.25, 0.3) is 0 Å². The largest absolute Gasteiger partial charge is 0.384 e. The SMILES string of the molecule is CC(C)CNC(=O)CCNc1cc(Br)cc(C#N)c1. The molecule has 0 radical (unpaired) electrons. The van der Waals surface area contributed by atoms with Crippen molar-refractivity contribution in [3.63, 3.8) is 0 Å². The molecular formula is C14H18BrN3O. The smallest absolute Gasteiger partial charge is 0.221 e. The van der Waals surface area contributed by atoms with Crippen molar-refractivity contribution in [3.8, 4) is 6.07 Å². The molecule has 5 heteroatoms. The van der Waals surface area contributed by atoms with E-state index in [1.807, 2.05) is 6.07 Å². The molecule has 19 heavy (non-hydrogen) atoms. The second-order valence-corrected chi connectivity index (χ2v) is 5.63. The Bertz CT molecular complexity index is 480. The normalized spacial score (nSPS) is 10.1. The van der Waals surface area contributed by atoms with Crippen LogP contribution in [0, 0.1) is 17.2 Å². The van der Waals surface area contributed by atoms with E-state index in [1.165, 1.54) is 0 Å². The fraction of sp³-hybridized carbons (Fsp3) is 0.429. The first-order valence-electron chi connectivity index (χ1n) is 6.22. The van der Waals surface area contributed by atoms with Gasteiger partial charge in [0.15, 0.2) is 0 Å². The first-order chi connectivity index (χ1) is 9.01. The standard InChI is InChI=1S/C14H18BrN3O/c1-10(2)9-18-14(19)3-4-17-13-6-11(8-16)5-12(15)7-13/h5-7,10,17H,3-4,9H2,1-2H3,(H,18,19). The quantitative estimate of drug-likeness (QED) is 0.846.